The van der Waals surface area contributed by atoms with Crippen molar-refractivity contribution in [2.24, 2.45) is 0 Å². The molecule has 1 heterocycles. The Morgan fingerprint density at radius 3 is 3.05 bits per heavy atom. The van der Waals surface area contributed by atoms with Gasteiger partial charge in [0.05, 0.1) is 12.2 Å². The van der Waals surface area contributed by atoms with E-state index in [2.05, 4.69) is 25.6 Å². The monoisotopic (exact) mass is 304 g/mol. The van der Waals surface area contributed by atoms with Crippen molar-refractivity contribution in [1.29, 1.82) is 10.7 Å². The fourth-order valence-corrected chi connectivity index (χ4v) is 1.63. The Morgan fingerprint density at radius 1 is 1.50 bits per heavy atom. The molecule has 2 aromatic rings. The van der Waals surface area contributed by atoms with E-state index in [1.807, 2.05) is 0 Å². The normalized spacial score (nSPS) is 10.0. The number of aromatic nitrogens is 2. The van der Waals surface area contributed by atoms with E-state index in [0.29, 0.717) is 18.8 Å². The number of nitrogens with zero attached hydrogens (tertiary/aromatic N) is 3. The largest absolute Gasteiger partial charge is 0.383 e. The summed E-state index contributed by atoms with van der Waals surface area (Å²) in [4.78, 5) is 0. The molecule has 2 rings (SSSR count). The predicted octanol–water partition coefficient (Wildman–Crippen LogP) is 1.58. The number of halogens is 1. The van der Waals surface area contributed by atoms with Crippen LogP contribution in [-0.4, -0.2) is 36.4 Å². The smallest absolute Gasteiger partial charge is 0.202 e. The third-order valence-electron chi connectivity index (χ3n) is 2.68. The molecule has 0 fully saturated rings. The molecule has 1 aromatic carbocycles. The van der Waals surface area contributed by atoms with Crippen molar-refractivity contribution >= 4 is 17.3 Å². The second-order valence-electron chi connectivity index (χ2n) is 4.19. The average molecular weight is 304 g/mol. The molecule has 22 heavy (non-hydrogen) atoms. The zero-order valence-corrected chi connectivity index (χ0v) is 11.7. The van der Waals surface area contributed by atoms with Gasteiger partial charge in [-0.25, -0.2) is 9.02 Å². The van der Waals surface area contributed by atoms with Crippen LogP contribution in [0.5, 0.6) is 0 Å². The summed E-state index contributed by atoms with van der Waals surface area (Å²) >= 11 is 0. The van der Waals surface area contributed by atoms with Crippen molar-refractivity contribution in [2.45, 2.75) is 0 Å². The Balaban J connectivity index is 2.10. The number of ether oxygens (including phenoxy) is 1. The third kappa shape index (κ3) is 3.56. The van der Waals surface area contributed by atoms with Crippen LogP contribution in [-0.2, 0) is 4.74 Å². The molecule has 0 atom stereocenters. The molecular formula is C13H13FN6O2. The summed E-state index contributed by atoms with van der Waals surface area (Å²) in [7, 11) is 1.56. The van der Waals surface area contributed by atoms with Gasteiger partial charge < -0.3 is 15.4 Å². The maximum Gasteiger partial charge on any atom is 0.202 e. The first-order chi connectivity index (χ1) is 10.7. The Kier molecular flexibility index (Phi) is 5.00. The summed E-state index contributed by atoms with van der Waals surface area (Å²) in [6.45, 7) is 0.927. The number of nitrogens with one attached hydrogen (secondary N) is 3. The number of hydrogen-bond acceptors (Lipinski definition) is 7. The molecule has 9 heteroatoms. The van der Waals surface area contributed by atoms with E-state index in [4.69, 9.17) is 15.4 Å². The number of benzene rings is 1. The summed E-state index contributed by atoms with van der Waals surface area (Å²) < 4.78 is 22.8. The van der Waals surface area contributed by atoms with Gasteiger partial charge >= 0.3 is 0 Å². The minimum atomic E-state index is -0.621. The highest BCUT2D eigenvalue weighted by Crippen LogP contribution is 2.16. The van der Waals surface area contributed by atoms with Crippen LogP contribution in [0.25, 0.3) is 0 Å². The SMILES string of the molecule is COCCNc1nonc1C(=N)Nc1ccc(F)c(C#N)c1. The number of anilines is 2. The average Bonchev–Trinajstić information content (AvgIpc) is 2.98. The molecular weight excluding hydrogens is 291 g/mol. The molecule has 0 aliphatic carbocycles. The quantitative estimate of drug-likeness (QED) is 0.421. The second kappa shape index (κ2) is 7.14. The number of nitriles is 1. The summed E-state index contributed by atoms with van der Waals surface area (Å²) in [6, 6.07) is 5.59. The fraction of sp³-hybridized carbons (Fsp3) is 0.231. The summed E-state index contributed by atoms with van der Waals surface area (Å²) in [5.41, 5.74) is 0.433. The molecule has 0 amide bonds. The van der Waals surface area contributed by atoms with Crippen molar-refractivity contribution < 1.29 is 13.8 Å². The number of methoxy groups -OCH3 is 1. The van der Waals surface area contributed by atoms with Gasteiger partial charge in [-0.1, -0.05) is 0 Å². The molecule has 0 aliphatic rings. The maximum absolute atomic E-state index is 13.3. The van der Waals surface area contributed by atoms with E-state index < -0.39 is 5.82 Å². The van der Waals surface area contributed by atoms with E-state index in [-0.39, 0.29) is 22.9 Å². The van der Waals surface area contributed by atoms with Crippen LogP contribution >= 0.6 is 0 Å². The molecule has 0 radical (unpaired) electrons. The van der Waals surface area contributed by atoms with E-state index >= 15 is 0 Å². The van der Waals surface area contributed by atoms with Crippen LogP contribution in [0.15, 0.2) is 22.8 Å². The Labute approximate surface area is 125 Å². The Hall–Kier alpha value is -2.99. The molecule has 0 spiro atoms. The van der Waals surface area contributed by atoms with Gasteiger partial charge in [0.2, 0.25) is 5.82 Å². The molecule has 0 saturated carbocycles. The lowest BCUT2D eigenvalue weighted by Gasteiger charge is -2.07. The zero-order valence-electron chi connectivity index (χ0n) is 11.7. The number of hydrogen-bond donors (Lipinski definition) is 3. The van der Waals surface area contributed by atoms with Gasteiger partial charge in [0.25, 0.3) is 0 Å². The van der Waals surface area contributed by atoms with Crippen molar-refractivity contribution in [3.63, 3.8) is 0 Å². The summed E-state index contributed by atoms with van der Waals surface area (Å²) in [5.74, 6) is -0.432. The van der Waals surface area contributed by atoms with Gasteiger partial charge in [0.1, 0.15) is 11.9 Å². The summed E-state index contributed by atoms with van der Waals surface area (Å²) in [5, 5.41) is 29.7. The van der Waals surface area contributed by atoms with Crippen molar-refractivity contribution in [2.75, 3.05) is 30.9 Å². The summed E-state index contributed by atoms with van der Waals surface area (Å²) in [6.07, 6.45) is 0. The van der Waals surface area contributed by atoms with Gasteiger partial charge in [-0.3, -0.25) is 5.41 Å². The first kappa shape index (κ1) is 15.4. The van der Waals surface area contributed by atoms with Gasteiger partial charge in [-0.2, -0.15) is 5.26 Å². The maximum atomic E-state index is 13.3. The molecule has 3 N–H and O–H groups in total. The third-order valence-corrected chi connectivity index (χ3v) is 2.68. The van der Waals surface area contributed by atoms with Crippen LogP contribution < -0.4 is 10.6 Å². The first-order valence-corrected chi connectivity index (χ1v) is 6.26. The molecule has 114 valence electrons. The Bertz CT molecular complexity index is 709. The first-order valence-electron chi connectivity index (χ1n) is 6.26. The molecule has 0 aliphatic heterocycles. The zero-order chi connectivity index (χ0) is 15.9. The lowest BCUT2D eigenvalue weighted by atomic mass is 10.2. The Morgan fingerprint density at radius 2 is 2.32 bits per heavy atom. The number of amidine groups is 1. The minimum absolute atomic E-state index is 0.100. The topological polar surface area (TPSA) is 120 Å². The van der Waals surface area contributed by atoms with E-state index in [0.717, 1.165) is 6.07 Å². The number of rotatable bonds is 6. The highest BCUT2D eigenvalue weighted by atomic mass is 19.1. The molecule has 8 nitrogen and oxygen atoms in total. The highest BCUT2D eigenvalue weighted by Gasteiger charge is 2.15. The van der Waals surface area contributed by atoms with Gasteiger partial charge in [0, 0.05) is 19.3 Å². The van der Waals surface area contributed by atoms with E-state index in [1.54, 1.807) is 13.2 Å². The van der Waals surface area contributed by atoms with Crippen LogP contribution in [0.2, 0.25) is 0 Å². The van der Waals surface area contributed by atoms with Crippen molar-refractivity contribution in [3.8, 4) is 6.07 Å². The van der Waals surface area contributed by atoms with Crippen LogP contribution in [0.3, 0.4) is 0 Å². The van der Waals surface area contributed by atoms with Gasteiger partial charge in [0.15, 0.2) is 11.5 Å². The van der Waals surface area contributed by atoms with Crippen molar-refractivity contribution in [3.05, 3.63) is 35.3 Å². The molecule has 1 aromatic heterocycles. The lowest BCUT2D eigenvalue weighted by molar-refractivity contribution is 0.210. The van der Waals surface area contributed by atoms with E-state index in [1.165, 1.54) is 12.1 Å². The van der Waals surface area contributed by atoms with Gasteiger partial charge in [-0.15, -0.1) is 0 Å². The van der Waals surface area contributed by atoms with Crippen LogP contribution in [0.1, 0.15) is 11.3 Å². The van der Waals surface area contributed by atoms with E-state index in [9.17, 15) is 4.39 Å². The second-order valence-corrected chi connectivity index (χ2v) is 4.19. The predicted molar refractivity (Wildman–Crippen MR) is 76.2 cm³/mol. The fourth-order valence-electron chi connectivity index (χ4n) is 1.63. The van der Waals surface area contributed by atoms with Crippen LogP contribution in [0, 0.1) is 22.6 Å². The molecule has 0 saturated heterocycles. The molecule has 0 bridgehead atoms. The van der Waals surface area contributed by atoms with Gasteiger partial charge in [-0.05, 0) is 28.5 Å². The molecule has 0 unspecified atom stereocenters. The van der Waals surface area contributed by atoms with Crippen LogP contribution in [0.4, 0.5) is 15.9 Å². The highest BCUT2D eigenvalue weighted by molar-refractivity contribution is 6.07. The lowest BCUT2D eigenvalue weighted by Crippen LogP contribution is -2.16. The standard InChI is InChI=1S/C13H13FN6O2/c1-21-5-4-17-13-11(19-22-20-13)12(16)18-9-2-3-10(14)8(6-9)7-15/h2-3,6H,4-5H2,1H3,(H2,16,18)(H,17,20). The van der Waals surface area contributed by atoms with Crippen molar-refractivity contribution in [1.82, 2.24) is 10.3 Å². The minimum Gasteiger partial charge on any atom is -0.383 e.